The number of methoxy groups -OCH3 is 3. The molecule has 3 aromatic rings. The molecule has 0 saturated heterocycles. The third-order valence-electron chi connectivity index (χ3n) is 3.58. The highest BCUT2D eigenvalue weighted by Gasteiger charge is 2.13. The van der Waals surface area contributed by atoms with Crippen LogP contribution < -0.4 is 19.5 Å². The largest absolute Gasteiger partial charge is 0.493 e. The molecule has 0 aliphatic heterocycles. The van der Waals surface area contributed by atoms with Gasteiger partial charge in [-0.05, 0) is 24.6 Å². The molecule has 3 rings (SSSR count). The number of benzene rings is 1. The minimum absolute atomic E-state index is 0.551. The van der Waals surface area contributed by atoms with Crippen LogP contribution in [0.3, 0.4) is 0 Å². The summed E-state index contributed by atoms with van der Waals surface area (Å²) < 4.78 is 17.8. The fourth-order valence-corrected chi connectivity index (χ4v) is 2.49. The normalized spacial score (nSPS) is 10.7. The maximum atomic E-state index is 5.38. The Morgan fingerprint density at radius 3 is 2.38 bits per heavy atom. The lowest BCUT2D eigenvalue weighted by molar-refractivity contribution is 0.324. The summed E-state index contributed by atoms with van der Waals surface area (Å²) in [6.45, 7) is 2.47. The molecule has 1 N–H and O–H groups in total. The molecule has 2 heterocycles. The van der Waals surface area contributed by atoms with Gasteiger partial charge in [-0.3, -0.25) is 0 Å². The van der Waals surface area contributed by atoms with E-state index in [1.165, 1.54) is 6.33 Å². The highest BCUT2D eigenvalue weighted by atomic mass is 16.5. The quantitative estimate of drug-likeness (QED) is 0.741. The number of hydrogen-bond acceptors (Lipinski definition) is 7. The second-order valence-corrected chi connectivity index (χ2v) is 5.14. The first-order chi connectivity index (χ1) is 11.7. The summed E-state index contributed by atoms with van der Waals surface area (Å²) in [7, 11) is 4.78. The van der Waals surface area contributed by atoms with Gasteiger partial charge in [-0.1, -0.05) is 0 Å². The van der Waals surface area contributed by atoms with Crippen LogP contribution in [0.1, 0.15) is 11.3 Å². The lowest BCUT2D eigenvalue weighted by Crippen LogP contribution is -2.07. The van der Waals surface area contributed by atoms with Crippen molar-refractivity contribution < 1.29 is 14.2 Å². The van der Waals surface area contributed by atoms with Crippen molar-refractivity contribution in [1.29, 1.82) is 0 Å². The highest BCUT2D eigenvalue weighted by molar-refractivity contribution is 5.54. The Kier molecular flexibility index (Phi) is 4.37. The van der Waals surface area contributed by atoms with Crippen LogP contribution >= 0.6 is 0 Å². The van der Waals surface area contributed by atoms with Crippen molar-refractivity contribution in [2.45, 2.75) is 13.5 Å². The number of anilines is 1. The van der Waals surface area contributed by atoms with E-state index >= 15 is 0 Å². The summed E-state index contributed by atoms with van der Waals surface area (Å²) >= 11 is 0. The van der Waals surface area contributed by atoms with Crippen molar-refractivity contribution in [2.24, 2.45) is 0 Å². The lowest BCUT2D eigenvalue weighted by Gasteiger charge is -2.15. The smallest absolute Gasteiger partial charge is 0.254 e. The summed E-state index contributed by atoms with van der Waals surface area (Å²) in [6.07, 6.45) is 1.48. The number of aromatic nitrogens is 4. The maximum absolute atomic E-state index is 5.38. The minimum atomic E-state index is 0.551. The molecule has 0 radical (unpaired) electrons. The summed E-state index contributed by atoms with van der Waals surface area (Å²) in [5.41, 5.74) is 1.84. The SMILES string of the molecule is COc1cc(CNc2cc(C)nc3ncnn23)cc(OC)c1OC. The number of aryl methyl sites for hydroxylation is 1. The molecule has 0 fully saturated rings. The summed E-state index contributed by atoms with van der Waals surface area (Å²) in [5.74, 6) is 3.17. The van der Waals surface area contributed by atoms with Crippen molar-refractivity contribution in [3.8, 4) is 17.2 Å². The van der Waals surface area contributed by atoms with Crippen LogP contribution in [0, 0.1) is 6.92 Å². The number of nitrogens with zero attached hydrogens (tertiary/aromatic N) is 4. The van der Waals surface area contributed by atoms with Crippen molar-refractivity contribution in [2.75, 3.05) is 26.6 Å². The van der Waals surface area contributed by atoms with E-state index in [9.17, 15) is 0 Å². The third kappa shape index (κ3) is 2.90. The number of rotatable bonds is 6. The van der Waals surface area contributed by atoms with Crippen molar-refractivity contribution in [1.82, 2.24) is 19.6 Å². The summed E-state index contributed by atoms with van der Waals surface area (Å²) in [4.78, 5) is 8.44. The van der Waals surface area contributed by atoms with Gasteiger partial charge in [0, 0.05) is 18.3 Å². The predicted molar refractivity (Wildman–Crippen MR) is 88.9 cm³/mol. The van der Waals surface area contributed by atoms with E-state index in [0.29, 0.717) is 29.6 Å². The second-order valence-electron chi connectivity index (χ2n) is 5.14. The predicted octanol–water partition coefficient (Wildman–Crippen LogP) is 2.07. The molecule has 0 aliphatic rings. The van der Waals surface area contributed by atoms with Crippen LogP contribution in [0.4, 0.5) is 5.82 Å². The molecule has 126 valence electrons. The Morgan fingerprint density at radius 1 is 1.04 bits per heavy atom. The minimum Gasteiger partial charge on any atom is -0.493 e. The van der Waals surface area contributed by atoms with Gasteiger partial charge in [-0.25, -0.2) is 4.98 Å². The van der Waals surface area contributed by atoms with Gasteiger partial charge >= 0.3 is 0 Å². The van der Waals surface area contributed by atoms with Crippen molar-refractivity contribution in [3.05, 3.63) is 35.8 Å². The molecule has 2 aromatic heterocycles. The molecule has 0 aliphatic carbocycles. The van der Waals surface area contributed by atoms with Gasteiger partial charge in [0.05, 0.1) is 21.3 Å². The van der Waals surface area contributed by atoms with Gasteiger partial charge in [0.25, 0.3) is 5.78 Å². The number of hydrogen-bond donors (Lipinski definition) is 1. The van der Waals surface area contributed by atoms with Gasteiger partial charge in [0.15, 0.2) is 11.5 Å². The average Bonchev–Trinajstić information content (AvgIpc) is 3.06. The Hall–Kier alpha value is -3.03. The molecule has 24 heavy (non-hydrogen) atoms. The average molecular weight is 329 g/mol. The molecule has 0 saturated carbocycles. The first-order valence-electron chi connectivity index (χ1n) is 7.36. The van der Waals surface area contributed by atoms with Crippen LogP contribution in [0.15, 0.2) is 24.5 Å². The van der Waals surface area contributed by atoms with Crippen molar-refractivity contribution in [3.63, 3.8) is 0 Å². The fourth-order valence-electron chi connectivity index (χ4n) is 2.49. The summed E-state index contributed by atoms with van der Waals surface area (Å²) in [6, 6.07) is 5.72. The zero-order valence-corrected chi connectivity index (χ0v) is 14.0. The molecular formula is C16H19N5O3. The van der Waals surface area contributed by atoms with Gasteiger partial charge < -0.3 is 19.5 Å². The molecule has 0 amide bonds. The van der Waals surface area contributed by atoms with Gasteiger partial charge in [0.2, 0.25) is 5.75 Å². The standard InChI is InChI=1S/C16H19N5O3/c1-10-5-14(21-16(20-10)18-9-19-21)17-8-11-6-12(22-2)15(24-4)13(7-11)23-3/h5-7,9,17H,8H2,1-4H3. The molecule has 8 nitrogen and oxygen atoms in total. The van der Waals surface area contributed by atoms with Crippen LogP contribution in [-0.4, -0.2) is 40.9 Å². The molecule has 1 aromatic carbocycles. The first-order valence-corrected chi connectivity index (χ1v) is 7.36. The molecule has 0 bridgehead atoms. The van der Waals surface area contributed by atoms with Crippen molar-refractivity contribution >= 4 is 11.6 Å². The van der Waals surface area contributed by atoms with Gasteiger partial charge in [-0.15, -0.1) is 0 Å². The lowest BCUT2D eigenvalue weighted by atomic mass is 10.1. The van der Waals surface area contributed by atoms with E-state index in [2.05, 4.69) is 20.4 Å². The molecule has 8 heteroatoms. The summed E-state index contributed by atoms with van der Waals surface area (Å²) in [5, 5.41) is 7.52. The monoisotopic (exact) mass is 329 g/mol. The van der Waals surface area contributed by atoms with E-state index in [0.717, 1.165) is 17.1 Å². The second kappa shape index (κ2) is 6.61. The van der Waals surface area contributed by atoms with Gasteiger partial charge in [-0.2, -0.15) is 14.6 Å². The molecular weight excluding hydrogens is 310 g/mol. The topological polar surface area (TPSA) is 82.8 Å². The Bertz CT molecular complexity index is 837. The Morgan fingerprint density at radius 2 is 1.75 bits per heavy atom. The van der Waals surface area contributed by atoms with Crippen LogP contribution in [0.25, 0.3) is 5.78 Å². The molecule has 0 spiro atoms. The van der Waals surface area contributed by atoms with E-state index in [1.54, 1.807) is 25.8 Å². The van der Waals surface area contributed by atoms with E-state index in [1.807, 2.05) is 25.1 Å². The third-order valence-corrected chi connectivity index (χ3v) is 3.58. The van der Waals surface area contributed by atoms with Crippen LogP contribution in [-0.2, 0) is 6.54 Å². The molecule has 0 atom stereocenters. The van der Waals surface area contributed by atoms with E-state index < -0.39 is 0 Å². The van der Waals surface area contributed by atoms with E-state index in [-0.39, 0.29) is 0 Å². The van der Waals surface area contributed by atoms with E-state index in [4.69, 9.17) is 14.2 Å². The Balaban J connectivity index is 1.89. The number of nitrogens with one attached hydrogen (secondary N) is 1. The first kappa shape index (κ1) is 15.9. The molecule has 0 unspecified atom stereocenters. The highest BCUT2D eigenvalue weighted by Crippen LogP contribution is 2.38. The maximum Gasteiger partial charge on any atom is 0.254 e. The van der Waals surface area contributed by atoms with Crippen LogP contribution in [0.2, 0.25) is 0 Å². The zero-order chi connectivity index (χ0) is 17.1. The number of ether oxygens (including phenoxy) is 3. The number of fused-ring (bicyclic) bond motifs is 1. The van der Waals surface area contributed by atoms with Gasteiger partial charge in [0.1, 0.15) is 12.1 Å². The fraction of sp³-hybridized carbons (Fsp3) is 0.312. The zero-order valence-electron chi connectivity index (χ0n) is 14.0. The Labute approximate surface area is 139 Å². The van der Waals surface area contributed by atoms with Crippen LogP contribution in [0.5, 0.6) is 17.2 Å².